The first-order chi connectivity index (χ1) is 7.04. The van der Waals surface area contributed by atoms with Crippen LogP contribution in [-0.4, -0.2) is 16.4 Å². The van der Waals surface area contributed by atoms with Crippen LogP contribution in [0.3, 0.4) is 0 Å². The molecule has 0 radical (unpaired) electrons. The summed E-state index contributed by atoms with van der Waals surface area (Å²) in [6, 6.07) is 0.522. The minimum atomic E-state index is 0.522. The molecule has 0 amide bonds. The standard InChI is InChI=1S/C11H19BrN2S/c1-7(5-12)8(2)13-6-11-14-9(3)10(4)15-11/h7-8,13H,5-6H2,1-4H3. The number of aryl methyl sites for hydroxylation is 2. The van der Waals surface area contributed by atoms with Crippen molar-refractivity contribution in [3.63, 3.8) is 0 Å². The molecule has 1 aromatic rings. The molecular formula is C11H19BrN2S. The molecule has 4 heteroatoms. The Morgan fingerprint density at radius 1 is 1.40 bits per heavy atom. The molecule has 2 atom stereocenters. The Morgan fingerprint density at radius 2 is 2.07 bits per heavy atom. The lowest BCUT2D eigenvalue weighted by Gasteiger charge is -2.18. The van der Waals surface area contributed by atoms with Crippen molar-refractivity contribution >= 4 is 27.3 Å². The number of alkyl halides is 1. The van der Waals surface area contributed by atoms with Gasteiger partial charge in [-0.25, -0.2) is 4.98 Å². The second-order valence-corrected chi connectivity index (χ2v) is 5.99. The van der Waals surface area contributed by atoms with Gasteiger partial charge in [-0.2, -0.15) is 0 Å². The average molecular weight is 291 g/mol. The van der Waals surface area contributed by atoms with E-state index >= 15 is 0 Å². The number of hydrogen-bond donors (Lipinski definition) is 1. The van der Waals surface area contributed by atoms with E-state index < -0.39 is 0 Å². The monoisotopic (exact) mass is 290 g/mol. The van der Waals surface area contributed by atoms with Gasteiger partial charge in [0.1, 0.15) is 5.01 Å². The zero-order valence-corrected chi connectivity index (χ0v) is 12.2. The Labute approximate surface area is 105 Å². The van der Waals surface area contributed by atoms with Crippen molar-refractivity contribution in [3.05, 3.63) is 15.6 Å². The van der Waals surface area contributed by atoms with E-state index in [4.69, 9.17) is 0 Å². The van der Waals surface area contributed by atoms with Crippen LogP contribution in [0.25, 0.3) is 0 Å². The molecule has 86 valence electrons. The molecule has 0 fully saturated rings. The second kappa shape index (κ2) is 5.97. The summed E-state index contributed by atoms with van der Waals surface area (Å²) < 4.78 is 0. The van der Waals surface area contributed by atoms with Crippen molar-refractivity contribution < 1.29 is 0 Å². The van der Waals surface area contributed by atoms with Gasteiger partial charge in [0.25, 0.3) is 0 Å². The van der Waals surface area contributed by atoms with E-state index in [2.05, 4.69) is 53.9 Å². The van der Waals surface area contributed by atoms with E-state index in [0.29, 0.717) is 12.0 Å². The number of halogens is 1. The lowest BCUT2D eigenvalue weighted by molar-refractivity contribution is 0.433. The largest absolute Gasteiger partial charge is 0.308 e. The number of aromatic nitrogens is 1. The maximum absolute atomic E-state index is 4.51. The average Bonchev–Trinajstić information content (AvgIpc) is 2.54. The summed E-state index contributed by atoms with van der Waals surface area (Å²) in [6.07, 6.45) is 0. The Bertz CT molecular complexity index is 292. The van der Waals surface area contributed by atoms with Crippen molar-refractivity contribution in [2.24, 2.45) is 5.92 Å². The molecule has 0 saturated heterocycles. The van der Waals surface area contributed by atoms with Gasteiger partial charge in [0, 0.05) is 22.8 Å². The molecule has 0 aliphatic carbocycles. The van der Waals surface area contributed by atoms with Crippen LogP contribution in [0.2, 0.25) is 0 Å². The van der Waals surface area contributed by atoms with Crippen LogP contribution in [0.4, 0.5) is 0 Å². The Kier molecular flexibility index (Phi) is 5.23. The van der Waals surface area contributed by atoms with Gasteiger partial charge in [-0.1, -0.05) is 22.9 Å². The van der Waals surface area contributed by atoms with E-state index in [1.165, 1.54) is 9.88 Å². The number of thiazole rings is 1. The molecule has 0 bridgehead atoms. The first kappa shape index (κ1) is 13.1. The fourth-order valence-electron chi connectivity index (χ4n) is 1.20. The Hall–Kier alpha value is 0.0700. The quantitative estimate of drug-likeness (QED) is 0.842. The normalized spacial score (nSPS) is 15.3. The summed E-state index contributed by atoms with van der Waals surface area (Å²) >= 11 is 5.29. The smallest absolute Gasteiger partial charge is 0.107 e. The third kappa shape index (κ3) is 3.85. The van der Waals surface area contributed by atoms with Gasteiger partial charge in [-0.15, -0.1) is 11.3 Å². The van der Waals surface area contributed by atoms with Gasteiger partial charge >= 0.3 is 0 Å². The van der Waals surface area contributed by atoms with Crippen molar-refractivity contribution in [1.29, 1.82) is 0 Å². The van der Waals surface area contributed by atoms with Gasteiger partial charge in [0.2, 0.25) is 0 Å². The topological polar surface area (TPSA) is 24.9 Å². The Balaban J connectivity index is 2.43. The predicted molar refractivity (Wildman–Crippen MR) is 70.8 cm³/mol. The highest BCUT2D eigenvalue weighted by Gasteiger charge is 2.11. The van der Waals surface area contributed by atoms with Crippen LogP contribution in [0.1, 0.15) is 29.4 Å². The van der Waals surface area contributed by atoms with Crippen molar-refractivity contribution in [2.45, 2.75) is 40.3 Å². The van der Waals surface area contributed by atoms with E-state index in [9.17, 15) is 0 Å². The molecule has 0 aromatic carbocycles. The van der Waals surface area contributed by atoms with Crippen molar-refractivity contribution in [1.82, 2.24) is 10.3 Å². The molecule has 2 nitrogen and oxygen atoms in total. The second-order valence-electron chi connectivity index (χ2n) is 4.05. The summed E-state index contributed by atoms with van der Waals surface area (Å²) in [7, 11) is 0. The number of hydrogen-bond acceptors (Lipinski definition) is 3. The molecule has 1 heterocycles. The van der Waals surface area contributed by atoms with Crippen LogP contribution in [0.5, 0.6) is 0 Å². The van der Waals surface area contributed by atoms with Gasteiger partial charge in [-0.05, 0) is 26.7 Å². The fraction of sp³-hybridized carbons (Fsp3) is 0.727. The van der Waals surface area contributed by atoms with Crippen LogP contribution >= 0.6 is 27.3 Å². The summed E-state index contributed by atoms with van der Waals surface area (Å²) in [5.74, 6) is 0.646. The molecular weight excluding hydrogens is 272 g/mol. The van der Waals surface area contributed by atoms with Crippen LogP contribution in [0, 0.1) is 19.8 Å². The molecule has 0 aliphatic rings. The van der Waals surface area contributed by atoms with E-state index in [-0.39, 0.29) is 0 Å². The maximum Gasteiger partial charge on any atom is 0.107 e. The maximum atomic E-state index is 4.51. The molecule has 1 rings (SSSR count). The van der Waals surface area contributed by atoms with E-state index in [1.54, 1.807) is 11.3 Å². The highest BCUT2D eigenvalue weighted by Crippen LogP contribution is 2.16. The van der Waals surface area contributed by atoms with E-state index in [0.717, 1.165) is 17.6 Å². The zero-order chi connectivity index (χ0) is 11.4. The molecule has 2 unspecified atom stereocenters. The summed E-state index contributed by atoms with van der Waals surface area (Å²) in [6.45, 7) is 9.54. The lowest BCUT2D eigenvalue weighted by Crippen LogP contribution is -2.32. The highest BCUT2D eigenvalue weighted by molar-refractivity contribution is 9.09. The van der Waals surface area contributed by atoms with Gasteiger partial charge < -0.3 is 5.32 Å². The first-order valence-electron chi connectivity index (χ1n) is 5.26. The van der Waals surface area contributed by atoms with Gasteiger partial charge in [0.05, 0.1) is 5.69 Å². The summed E-state index contributed by atoms with van der Waals surface area (Å²) in [5.41, 5.74) is 1.16. The van der Waals surface area contributed by atoms with Crippen LogP contribution in [-0.2, 0) is 6.54 Å². The number of nitrogens with one attached hydrogen (secondary N) is 1. The number of nitrogens with zero attached hydrogens (tertiary/aromatic N) is 1. The van der Waals surface area contributed by atoms with Crippen LogP contribution < -0.4 is 5.32 Å². The van der Waals surface area contributed by atoms with Gasteiger partial charge in [-0.3, -0.25) is 0 Å². The van der Waals surface area contributed by atoms with Crippen molar-refractivity contribution in [3.8, 4) is 0 Å². The number of rotatable bonds is 5. The third-order valence-electron chi connectivity index (χ3n) is 2.75. The molecule has 0 saturated carbocycles. The summed E-state index contributed by atoms with van der Waals surface area (Å²) in [5, 5.41) is 5.74. The van der Waals surface area contributed by atoms with Crippen molar-refractivity contribution in [2.75, 3.05) is 5.33 Å². The molecule has 1 aromatic heterocycles. The molecule has 0 aliphatic heterocycles. The molecule has 0 spiro atoms. The van der Waals surface area contributed by atoms with Gasteiger partial charge in [0.15, 0.2) is 0 Å². The molecule has 1 N–H and O–H groups in total. The van der Waals surface area contributed by atoms with Crippen LogP contribution in [0.15, 0.2) is 0 Å². The highest BCUT2D eigenvalue weighted by atomic mass is 79.9. The zero-order valence-electron chi connectivity index (χ0n) is 9.80. The molecule has 15 heavy (non-hydrogen) atoms. The fourth-order valence-corrected chi connectivity index (χ4v) is 2.64. The SMILES string of the molecule is Cc1nc(CNC(C)C(C)CBr)sc1C. The third-order valence-corrected chi connectivity index (χ3v) is 4.84. The summed E-state index contributed by atoms with van der Waals surface area (Å²) in [4.78, 5) is 5.84. The van der Waals surface area contributed by atoms with E-state index in [1.807, 2.05) is 0 Å². The minimum absolute atomic E-state index is 0.522. The first-order valence-corrected chi connectivity index (χ1v) is 7.20. The minimum Gasteiger partial charge on any atom is -0.308 e. The predicted octanol–water partition coefficient (Wildman–Crippen LogP) is 3.27. The lowest BCUT2D eigenvalue weighted by atomic mass is 10.1. The Morgan fingerprint density at radius 3 is 2.53 bits per heavy atom.